The van der Waals surface area contributed by atoms with Crippen LogP contribution in [0.15, 0.2) is 12.3 Å². The Morgan fingerprint density at radius 1 is 1.26 bits per heavy atom. The predicted molar refractivity (Wildman–Crippen MR) is 88.1 cm³/mol. The lowest BCUT2D eigenvalue weighted by atomic mass is 9.76. The Morgan fingerprint density at radius 3 is 2.35 bits per heavy atom. The van der Waals surface area contributed by atoms with E-state index in [4.69, 9.17) is 9.31 Å². The Labute approximate surface area is 135 Å². The van der Waals surface area contributed by atoms with Crippen LogP contribution in [0.2, 0.25) is 0 Å². The lowest BCUT2D eigenvalue weighted by molar-refractivity contribution is 0.00578. The molecule has 0 spiro atoms. The summed E-state index contributed by atoms with van der Waals surface area (Å²) in [6.07, 6.45) is 1.93. The molecule has 0 unspecified atom stereocenters. The standard InChI is InChI=1S/C16H21BN2O4/c1-9-8-19(6)13-12(9)10(7-11(18-13)14(20)21)17-22-15(2,3)16(4,5)23-17/h7-8H,1-6H3,(H,20,21). The molecule has 0 bridgehead atoms. The number of aromatic carboxylic acids is 1. The number of carbonyl (C=O) groups is 1. The van der Waals surface area contributed by atoms with Crippen molar-refractivity contribution in [2.24, 2.45) is 7.05 Å². The van der Waals surface area contributed by atoms with Gasteiger partial charge in [0.1, 0.15) is 11.3 Å². The lowest BCUT2D eigenvalue weighted by Crippen LogP contribution is -2.41. The summed E-state index contributed by atoms with van der Waals surface area (Å²) in [4.78, 5) is 15.7. The van der Waals surface area contributed by atoms with Crippen molar-refractivity contribution >= 4 is 29.6 Å². The number of aryl methyl sites for hydroxylation is 2. The Kier molecular flexibility index (Phi) is 3.36. The van der Waals surface area contributed by atoms with E-state index < -0.39 is 24.3 Å². The molecule has 2 aromatic heterocycles. The minimum absolute atomic E-state index is 0.0107. The minimum atomic E-state index is -1.07. The molecule has 1 aliphatic rings. The van der Waals surface area contributed by atoms with E-state index in [9.17, 15) is 9.90 Å². The second kappa shape index (κ2) is 4.82. The van der Waals surface area contributed by atoms with Crippen LogP contribution in [0.3, 0.4) is 0 Å². The fourth-order valence-electron chi connectivity index (χ4n) is 2.89. The average Bonchev–Trinajstić information content (AvgIpc) is 2.83. The Hall–Kier alpha value is -1.86. The molecule has 0 radical (unpaired) electrons. The topological polar surface area (TPSA) is 73.6 Å². The molecular weight excluding hydrogens is 295 g/mol. The quantitative estimate of drug-likeness (QED) is 0.856. The van der Waals surface area contributed by atoms with Crippen LogP contribution in [0.4, 0.5) is 0 Å². The van der Waals surface area contributed by atoms with E-state index in [-0.39, 0.29) is 5.69 Å². The summed E-state index contributed by atoms with van der Waals surface area (Å²) in [7, 11) is 1.23. The monoisotopic (exact) mass is 316 g/mol. The van der Waals surface area contributed by atoms with Gasteiger partial charge in [0.2, 0.25) is 0 Å². The van der Waals surface area contributed by atoms with Crippen LogP contribution in [-0.4, -0.2) is 38.9 Å². The van der Waals surface area contributed by atoms with Crippen molar-refractivity contribution in [3.63, 3.8) is 0 Å². The third-order valence-corrected chi connectivity index (χ3v) is 4.87. The van der Waals surface area contributed by atoms with Crippen molar-refractivity contribution in [3.05, 3.63) is 23.5 Å². The Balaban J connectivity index is 2.23. The predicted octanol–water partition coefficient (Wildman–Crippen LogP) is 1.88. The zero-order valence-electron chi connectivity index (χ0n) is 14.3. The van der Waals surface area contributed by atoms with Crippen LogP contribution in [0, 0.1) is 6.92 Å². The first-order chi connectivity index (χ1) is 10.5. The van der Waals surface area contributed by atoms with Crippen LogP contribution in [-0.2, 0) is 16.4 Å². The van der Waals surface area contributed by atoms with Crippen molar-refractivity contribution in [1.29, 1.82) is 0 Å². The van der Waals surface area contributed by atoms with Crippen molar-refractivity contribution in [2.45, 2.75) is 45.8 Å². The molecule has 3 rings (SSSR count). The zero-order chi connectivity index (χ0) is 17.2. The molecule has 3 heterocycles. The zero-order valence-corrected chi connectivity index (χ0v) is 14.3. The number of pyridine rings is 1. The molecule has 1 saturated heterocycles. The number of hydrogen-bond donors (Lipinski definition) is 1. The van der Waals surface area contributed by atoms with Crippen LogP contribution in [0.1, 0.15) is 43.7 Å². The van der Waals surface area contributed by atoms with Gasteiger partial charge in [-0.15, -0.1) is 0 Å². The van der Waals surface area contributed by atoms with E-state index in [0.29, 0.717) is 11.1 Å². The molecule has 0 saturated carbocycles. The first-order valence-electron chi connectivity index (χ1n) is 7.59. The van der Waals surface area contributed by atoms with Crippen molar-refractivity contribution in [2.75, 3.05) is 0 Å². The summed E-state index contributed by atoms with van der Waals surface area (Å²) >= 11 is 0. The highest BCUT2D eigenvalue weighted by molar-refractivity contribution is 6.65. The summed E-state index contributed by atoms with van der Waals surface area (Å²) in [6.45, 7) is 9.87. The number of carboxylic acids is 1. The second-order valence-electron chi connectivity index (χ2n) is 7.11. The maximum atomic E-state index is 11.4. The molecule has 23 heavy (non-hydrogen) atoms. The van der Waals surface area contributed by atoms with Crippen LogP contribution < -0.4 is 5.46 Å². The highest BCUT2D eigenvalue weighted by atomic mass is 16.7. The smallest absolute Gasteiger partial charge is 0.477 e. The van der Waals surface area contributed by atoms with Crippen molar-refractivity contribution in [3.8, 4) is 0 Å². The van der Waals surface area contributed by atoms with Crippen LogP contribution in [0.25, 0.3) is 11.0 Å². The Morgan fingerprint density at radius 2 is 1.83 bits per heavy atom. The molecule has 0 amide bonds. The fourth-order valence-corrected chi connectivity index (χ4v) is 2.89. The highest BCUT2D eigenvalue weighted by Crippen LogP contribution is 2.37. The third-order valence-electron chi connectivity index (χ3n) is 4.87. The number of aromatic nitrogens is 2. The van der Waals surface area contributed by atoms with Crippen molar-refractivity contribution in [1.82, 2.24) is 9.55 Å². The maximum absolute atomic E-state index is 11.4. The van der Waals surface area contributed by atoms with Gasteiger partial charge in [-0.1, -0.05) is 0 Å². The molecule has 122 valence electrons. The molecule has 6 nitrogen and oxygen atoms in total. The molecule has 0 atom stereocenters. The molecule has 2 aromatic rings. The minimum Gasteiger partial charge on any atom is -0.477 e. The second-order valence-corrected chi connectivity index (χ2v) is 7.11. The molecule has 1 fully saturated rings. The van der Waals surface area contributed by atoms with Gasteiger partial charge in [0.15, 0.2) is 0 Å². The summed E-state index contributed by atoms with van der Waals surface area (Å²) in [5.74, 6) is -1.07. The number of nitrogens with zero attached hydrogens (tertiary/aromatic N) is 2. The van der Waals surface area contributed by atoms with Gasteiger partial charge in [-0.25, -0.2) is 9.78 Å². The number of fused-ring (bicyclic) bond motifs is 1. The first-order valence-corrected chi connectivity index (χ1v) is 7.59. The van der Waals surface area contributed by atoms with Gasteiger partial charge in [-0.05, 0) is 51.7 Å². The molecule has 1 aliphatic heterocycles. The van der Waals surface area contributed by atoms with Crippen LogP contribution in [0.5, 0.6) is 0 Å². The normalized spacial score (nSPS) is 19.5. The van der Waals surface area contributed by atoms with E-state index in [1.807, 2.05) is 52.4 Å². The number of hydrogen-bond acceptors (Lipinski definition) is 4. The maximum Gasteiger partial charge on any atom is 0.495 e. The summed E-state index contributed by atoms with van der Waals surface area (Å²) in [5, 5.41) is 10.2. The van der Waals surface area contributed by atoms with Gasteiger partial charge >= 0.3 is 13.1 Å². The van der Waals surface area contributed by atoms with Gasteiger partial charge in [0.05, 0.1) is 11.2 Å². The number of rotatable bonds is 2. The Bertz CT molecular complexity index is 794. The lowest BCUT2D eigenvalue weighted by Gasteiger charge is -2.32. The van der Waals surface area contributed by atoms with Crippen molar-refractivity contribution < 1.29 is 19.2 Å². The first kappa shape index (κ1) is 16.0. The van der Waals surface area contributed by atoms with E-state index in [2.05, 4.69) is 4.98 Å². The van der Waals surface area contributed by atoms with Gasteiger partial charge in [0.25, 0.3) is 0 Å². The summed E-state index contributed by atoms with van der Waals surface area (Å²) in [6, 6.07) is 1.56. The van der Waals surface area contributed by atoms with E-state index in [0.717, 1.165) is 10.9 Å². The molecule has 0 aliphatic carbocycles. The van der Waals surface area contributed by atoms with Gasteiger partial charge < -0.3 is 19.0 Å². The SMILES string of the molecule is Cc1cn(C)c2nc(C(=O)O)cc(B3OC(C)(C)C(C)(C)O3)c12. The third kappa shape index (κ3) is 2.35. The largest absolute Gasteiger partial charge is 0.495 e. The average molecular weight is 316 g/mol. The highest BCUT2D eigenvalue weighted by Gasteiger charge is 2.52. The molecule has 7 heteroatoms. The summed E-state index contributed by atoms with van der Waals surface area (Å²) < 4.78 is 14.0. The fraction of sp³-hybridized carbons (Fsp3) is 0.500. The number of carboxylic acid groups (broad SMARTS) is 1. The van der Waals surface area contributed by atoms with E-state index in [1.54, 1.807) is 6.07 Å². The van der Waals surface area contributed by atoms with E-state index >= 15 is 0 Å². The molecule has 1 N–H and O–H groups in total. The van der Waals surface area contributed by atoms with Gasteiger partial charge in [0, 0.05) is 18.6 Å². The van der Waals surface area contributed by atoms with Gasteiger partial charge in [-0.2, -0.15) is 0 Å². The van der Waals surface area contributed by atoms with Gasteiger partial charge in [-0.3, -0.25) is 0 Å². The van der Waals surface area contributed by atoms with E-state index in [1.165, 1.54) is 0 Å². The summed E-state index contributed by atoms with van der Waals surface area (Å²) in [5.41, 5.74) is 1.36. The molecule has 0 aromatic carbocycles. The molecular formula is C16H21BN2O4. The van der Waals surface area contributed by atoms with Crippen LogP contribution >= 0.6 is 0 Å².